The topological polar surface area (TPSA) is 40.5 Å². The third-order valence-electron chi connectivity index (χ3n) is 2.88. The van der Waals surface area contributed by atoms with Crippen molar-refractivity contribution in [3.8, 4) is 11.5 Å². The largest absolute Gasteiger partial charge is 0.507 e. The molecule has 20 heavy (non-hydrogen) atoms. The van der Waals surface area contributed by atoms with Crippen LogP contribution in [0.15, 0.2) is 52.3 Å². The lowest BCUT2D eigenvalue weighted by Crippen LogP contribution is -2.12. The van der Waals surface area contributed by atoms with Crippen LogP contribution in [0.1, 0.15) is 26.3 Å². The van der Waals surface area contributed by atoms with Gasteiger partial charge in [-0.15, -0.1) is 0 Å². The van der Waals surface area contributed by atoms with Crippen LogP contribution in [0.2, 0.25) is 0 Å². The van der Waals surface area contributed by atoms with E-state index in [2.05, 4.69) is 20.8 Å². The highest BCUT2D eigenvalue weighted by molar-refractivity contribution is 8.76. The van der Waals surface area contributed by atoms with E-state index in [1.54, 1.807) is 18.2 Å². The van der Waals surface area contributed by atoms with Gasteiger partial charge < -0.3 is 10.2 Å². The Morgan fingerprint density at radius 2 is 1.45 bits per heavy atom. The molecule has 2 N–H and O–H groups in total. The Morgan fingerprint density at radius 1 is 0.800 bits per heavy atom. The van der Waals surface area contributed by atoms with E-state index in [9.17, 15) is 10.2 Å². The number of hydrogen-bond acceptors (Lipinski definition) is 4. The molecule has 2 aromatic rings. The second kappa shape index (κ2) is 6.02. The molecule has 2 nitrogen and oxygen atoms in total. The minimum atomic E-state index is -0.0413. The Morgan fingerprint density at radius 3 is 2.10 bits per heavy atom. The van der Waals surface area contributed by atoms with Crippen LogP contribution in [0.25, 0.3) is 0 Å². The second-order valence-electron chi connectivity index (χ2n) is 5.54. The molecule has 0 bridgehead atoms. The predicted octanol–water partition coefficient (Wildman–Crippen LogP) is 5.19. The van der Waals surface area contributed by atoms with E-state index in [4.69, 9.17) is 0 Å². The molecule has 0 unspecified atom stereocenters. The average Bonchev–Trinajstić information content (AvgIpc) is 2.37. The van der Waals surface area contributed by atoms with Crippen molar-refractivity contribution in [1.29, 1.82) is 0 Å². The highest BCUT2D eigenvalue weighted by atomic mass is 33.1. The molecular weight excluding hydrogens is 288 g/mol. The highest BCUT2D eigenvalue weighted by Gasteiger charge is 2.21. The molecule has 4 heteroatoms. The lowest BCUT2D eigenvalue weighted by Gasteiger charge is -2.22. The maximum absolute atomic E-state index is 10.1. The number of benzene rings is 2. The van der Waals surface area contributed by atoms with Crippen molar-refractivity contribution in [3.05, 3.63) is 48.0 Å². The zero-order chi connectivity index (χ0) is 14.8. The fourth-order valence-electron chi connectivity index (χ4n) is 1.82. The van der Waals surface area contributed by atoms with Crippen molar-refractivity contribution in [1.82, 2.24) is 0 Å². The maximum atomic E-state index is 10.1. The molecule has 0 aliphatic carbocycles. The van der Waals surface area contributed by atoms with Gasteiger partial charge in [0.05, 0.1) is 9.79 Å². The summed E-state index contributed by atoms with van der Waals surface area (Å²) < 4.78 is 0. The lowest BCUT2D eigenvalue weighted by molar-refractivity contribution is 0.454. The van der Waals surface area contributed by atoms with Gasteiger partial charge in [0.25, 0.3) is 0 Å². The van der Waals surface area contributed by atoms with Gasteiger partial charge in [-0.1, -0.05) is 45.0 Å². The van der Waals surface area contributed by atoms with Crippen LogP contribution in [0, 0.1) is 0 Å². The summed E-state index contributed by atoms with van der Waals surface area (Å²) in [5.74, 6) is 0.545. The summed E-state index contributed by atoms with van der Waals surface area (Å²) in [6.07, 6.45) is 0. The molecule has 0 spiro atoms. The summed E-state index contributed by atoms with van der Waals surface area (Å²) >= 11 is 0. The van der Waals surface area contributed by atoms with Gasteiger partial charge in [0, 0.05) is 0 Å². The van der Waals surface area contributed by atoms with E-state index < -0.39 is 0 Å². The van der Waals surface area contributed by atoms with E-state index in [0.717, 1.165) is 15.4 Å². The first-order chi connectivity index (χ1) is 9.39. The third-order valence-corrected chi connectivity index (χ3v) is 5.37. The predicted molar refractivity (Wildman–Crippen MR) is 86.6 cm³/mol. The molecule has 106 valence electrons. The van der Waals surface area contributed by atoms with E-state index in [1.807, 2.05) is 24.3 Å². The van der Waals surface area contributed by atoms with E-state index >= 15 is 0 Å². The number of aromatic hydroxyl groups is 2. The molecule has 0 saturated carbocycles. The normalized spacial score (nSPS) is 11.6. The number of phenolic OH excluding ortho intramolecular Hbond substituents is 2. The van der Waals surface area contributed by atoms with Gasteiger partial charge in [0.15, 0.2) is 0 Å². The number of hydrogen-bond donors (Lipinski definition) is 2. The summed E-state index contributed by atoms with van der Waals surface area (Å²) in [4.78, 5) is 1.65. The van der Waals surface area contributed by atoms with Crippen molar-refractivity contribution in [2.75, 3.05) is 0 Å². The minimum Gasteiger partial charge on any atom is -0.507 e. The third kappa shape index (κ3) is 3.44. The van der Waals surface area contributed by atoms with E-state index in [-0.39, 0.29) is 16.9 Å². The monoisotopic (exact) mass is 306 g/mol. The molecule has 2 rings (SSSR count). The van der Waals surface area contributed by atoms with Gasteiger partial charge in [-0.05, 0) is 50.8 Å². The Balaban J connectivity index is 2.28. The smallest absolute Gasteiger partial charge is 0.130 e. The molecule has 0 radical (unpaired) electrons. The lowest BCUT2D eigenvalue weighted by atomic mass is 9.87. The Labute approximate surface area is 127 Å². The van der Waals surface area contributed by atoms with Crippen LogP contribution in [0.3, 0.4) is 0 Å². The molecule has 0 aliphatic rings. The SMILES string of the molecule is CC(C)(C)c1cccc(O)c1SSc1ccccc1O. The van der Waals surface area contributed by atoms with Gasteiger partial charge in [-0.2, -0.15) is 0 Å². The van der Waals surface area contributed by atoms with Crippen molar-refractivity contribution >= 4 is 21.6 Å². The van der Waals surface area contributed by atoms with Gasteiger partial charge in [0.1, 0.15) is 11.5 Å². The van der Waals surface area contributed by atoms with Crippen LogP contribution in [0.4, 0.5) is 0 Å². The number of phenols is 2. The first-order valence-electron chi connectivity index (χ1n) is 6.34. The zero-order valence-corrected chi connectivity index (χ0v) is 13.4. The Hall–Kier alpha value is -1.26. The fourth-order valence-corrected chi connectivity index (χ4v) is 4.36. The maximum Gasteiger partial charge on any atom is 0.130 e. The van der Waals surface area contributed by atoms with Crippen LogP contribution < -0.4 is 0 Å². The van der Waals surface area contributed by atoms with Gasteiger partial charge >= 0.3 is 0 Å². The number of rotatable bonds is 3. The number of para-hydroxylation sites is 1. The van der Waals surface area contributed by atoms with Crippen molar-refractivity contribution in [3.63, 3.8) is 0 Å². The summed E-state index contributed by atoms with van der Waals surface area (Å²) in [7, 11) is 2.93. The molecule has 0 saturated heterocycles. The standard InChI is InChI=1S/C16H18O2S2/c1-16(2,3)11-7-6-9-13(18)15(11)20-19-14-10-5-4-8-12(14)17/h4-10,17-18H,1-3H3. The van der Waals surface area contributed by atoms with Crippen molar-refractivity contribution in [2.45, 2.75) is 36.0 Å². The minimum absolute atomic E-state index is 0.0413. The molecule has 0 aliphatic heterocycles. The van der Waals surface area contributed by atoms with E-state index in [0.29, 0.717) is 0 Å². The summed E-state index contributed by atoms with van der Waals surface area (Å²) in [6, 6.07) is 12.8. The molecule has 0 atom stereocenters. The first-order valence-corrected chi connectivity index (χ1v) is 8.49. The molecule has 0 amide bonds. The van der Waals surface area contributed by atoms with Crippen LogP contribution >= 0.6 is 21.6 Å². The van der Waals surface area contributed by atoms with Crippen LogP contribution in [-0.2, 0) is 5.41 Å². The quantitative estimate of drug-likeness (QED) is 0.765. The Kier molecular flexibility index (Phi) is 4.55. The highest BCUT2D eigenvalue weighted by Crippen LogP contribution is 2.47. The average molecular weight is 306 g/mol. The summed E-state index contributed by atoms with van der Waals surface area (Å²) in [6.45, 7) is 6.36. The summed E-state index contributed by atoms with van der Waals surface area (Å²) in [5, 5.41) is 19.9. The second-order valence-corrected chi connectivity index (χ2v) is 7.72. The first kappa shape index (κ1) is 15.1. The molecule has 0 aromatic heterocycles. The molecule has 0 fully saturated rings. The van der Waals surface area contributed by atoms with Crippen LogP contribution in [0.5, 0.6) is 11.5 Å². The molecule has 0 heterocycles. The van der Waals surface area contributed by atoms with Crippen molar-refractivity contribution in [2.24, 2.45) is 0 Å². The van der Waals surface area contributed by atoms with Gasteiger partial charge in [0.2, 0.25) is 0 Å². The van der Waals surface area contributed by atoms with Gasteiger partial charge in [-0.25, -0.2) is 0 Å². The van der Waals surface area contributed by atoms with E-state index in [1.165, 1.54) is 21.6 Å². The zero-order valence-electron chi connectivity index (χ0n) is 11.8. The van der Waals surface area contributed by atoms with Gasteiger partial charge in [-0.3, -0.25) is 0 Å². The summed E-state index contributed by atoms with van der Waals surface area (Å²) in [5.41, 5.74) is 1.06. The van der Waals surface area contributed by atoms with Crippen LogP contribution in [-0.4, -0.2) is 10.2 Å². The van der Waals surface area contributed by atoms with Crippen molar-refractivity contribution < 1.29 is 10.2 Å². The Bertz CT molecular complexity index is 604. The fraction of sp³-hybridized carbons (Fsp3) is 0.250. The molecule has 2 aromatic carbocycles. The molecular formula is C16H18O2S2.